The zero-order valence-electron chi connectivity index (χ0n) is 12.9. The molecule has 1 saturated heterocycles. The second-order valence-electron chi connectivity index (χ2n) is 8.34. The summed E-state index contributed by atoms with van der Waals surface area (Å²) < 4.78 is 17.1. The highest BCUT2D eigenvalue weighted by Crippen LogP contribution is 2.57. The SMILES string of the molecule is CC(C)(C)C1(C#N)CCC2(CC1)CS(=O)(=NC1CC1)C2. The van der Waals surface area contributed by atoms with Gasteiger partial charge in [-0.25, -0.2) is 8.57 Å². The fourth-order valence-electron chi connectivity index (χ4n) is 3.97. The van der Waals surface area contributed by atoms with Crippen molar-refractivity contribution >= 4 is 9.73 Å². The number of hydrogen-bond acceptors (Lipinski definition) is 3. The molecular weight excluding hydrogens is 268 g/mol. The molecule has 1 heterocycles. The van der Waals surface area contributed by atoms with Crippen molar-refractivity contribution in [2.45, 2.75) is 65.3 Å². The van der Waals surface area contributed by atoms with Crippen molar-refractivity contribution in [3.05, 3.63) is 0 Å². The summed E-state index contributed by atoms with van der Waals surface area (Å²) in [6.07, 6.45) is 6.35. The summed E-state index contributed by atoms with van der Waals surface area (Å²) in [6, 6.07) is 3.02. The zero-order chi connectivity index (χ0) is 14.6. The Balaban J connectivity index is 1.69. The normalized spacial score (nSPS) is 44.7. The van der Waals surface area contributed by atoms with Gasteiger partial charge >= 0.3 is 0 Å². The van der Waals surface area contributed by atoms with Crippen molar-refractivity contribution in [1.82, 2.24) is 0 Å². The smallest absolute Gasteiger partial charge is 0.0695 e. The second-order valence-corrected chi connectivity index (χ2v) is 10.7. The van der Waals surface area contributed by atoms with Crippen molar-refractivity contribution in [2.24, 2.45) is 20.6 Å². The third kappa shape index (κ3) is 2.28. The van der Waals surface area contributed by atoms with Crippen molar-refractivity contribution in [3.63, 3.8) is 0 Å². The van der Waals surface area contributed by atoms with E-state index in [1.807, 2.05) is 0 Å². The maximum atomic E-state index is 12.6. The Morgan fingerprint density at radius 1 is 1.15 bits per heavy atom. The van der Waals surface area contributed by atoms with Gasteiger partial charge in [0.1, 0.15) is 0 Å². The van der Waals surface area contributed by atoms with E-state index in [0.717, 1.165) is 50.0 Å². The van der Waals surface area contributed by atoms with Gasteiger partial charge in [0, 0.05) is 21.2 Å². The van der Waals surface area contributed by atoms with Crippen LogP contribution in [0.4, 0.5) is 0 Å². The molecule has 1 spiro atoms. The van der Waals surface area contributed by atoms with E-state index < -0.39 is 9.73 Å². The van der Waals surface area contributed by atoms with Crippen molar-refractivity contribution in [3.8, 4) is 6.07 Å². The molecule has 0 bridgehead atoms. The largest absolute Gasteiger partial charge is 0.250 e. The fourth-order valence-corrected chi connectivity index (χ4v) is 7.28. The lowest BCUT2D eigenvalue weighted by Gasteiger charge is -2.53. The van der Waals surface area contributed by atoms with Crippen LogP contribution in [-0.2, 0) is 9.73 Å². The molecule has 0 atom stereocenters. The highest BCUT2D eigenvalue weighted by molar-refractivity contribution is 7.95. The molecule has 3 rings (SSSR count). The molecule has 0 aromatic heterocycles. The highest BCUT2D eigenvalue weighted by Gasteiger charge is 2.55. The van der Waals surface area contributed by atoms with Gasteiger partial charge in [-0.1, -0.05) is 20.8 Å². The van der Waals surface area contributed by atoms with Gasteiger partial charge < -0.3 is 0 Å². The zero-order valence-corrected chi connectivity index (χ0v) is 13.8. The first-order valence-electron chi connectivity index (χ1n) is 7.85. The molecule has 1 aliphatic heterocycles. The third-order valence-corrected chi connectivity index (χ3v) is 8.57. The maximum Gasteiger partial charge on any atom is 0.0695 e. The number of nitrogens with zero attached hydrogens (tertiary/aromatic N) is 2. The van der Waals surface area contributed by atoms with Gasteiger partial charge in [-0.3, -0.25) is 0 Å². The van der Waals surface area contributed by atoms with Crippen LogP contribution in [0.3, 0.4) is 0 Å². The van der Waals surface area contributed by atoms with E-state index >= 15 is 0 Å². The summed E-state index contributed by atoms with van der Waals surface area (Å²) in [5, 5.41) is 9.64. The molecule has 0 radical (unpaired) electrons. The molecule has 112 valence electrons. The first-order valence-corrected chi connectivity index (χ1v) is 9.70. The average Bonchev–Trinajstić information content (AvgIpc) is 3.10. The van der Waals surface area contributed by atoms with E-state index in [2.05, 4.69) is 31.2 Å². The molecular formula is C16H26N2OS. The molecule has 0 amide bonds. The van der Waals surface area contributed by atoms with Gasteiger partial charge in [-0.05, 0) is 49.4 Å². The molecule has 3 fully saturated rings. The molecule has 0 aromatic rings. The molecule has 0 aromatic carbocycles. The Morgan fingerprint density at radius 2 is 1.70 bits per heavy atom. The topological polar surface area (TPSA) is 53.2 Å². The van der Waals surface area contributed by atoms with Crippen LogP contribution in [0.1, 0.15) is 59.3 Å². The maximum absolute atomic E-state index is 12.6. The Labute approximate surface area is 123 Å². The Bertz CT molecular complexity index is 546. The molecule has 4 heteroatoms. The number of nitriles is 1. The molecule has 0 unspecified atom stereocenters. The van der Waals surface area contributed by atoms with Crippen LogP contribution >= 0.6 is 0 Å². The summed E-state index contributed by atoms with van der Waals surface area (Å²) in [5.74, 6) is 1.62. The minimum Gasteiger partial charge on any atom is -0.250 e. The predicted molar refractivity (Wildman–Crippen MR) is 81.7 cm³/mol. The first-order chi connectivity index (χ1) is 9.22. The summed E-state index contributed by atoms with van der Waals surface area (Å²) in [4.78, 5) is 0. The van der Waals surface area contributed by atoms with Crippen molar-refractivity contribution in [2.75, 3.05) is 11.5 Å². The standard InChI is InChI=1S/C16H26N2OS/c1-14(2,3)16(10-17)8-6-15(7-9-16)11-20(19,12-15)18-13-4-5-13/h13H,4-9,11-12H2,1-3H3. The van der Waals surface area contributed by atoms with Crippen LogP contribution in [-0.4, -0.2) is 21.8 Å². The van der Waals surface area contributed by atoms with Gasteiger partial charge in [0.25, 0.3) is 0 Å². The first kappa shape index (κ1) is 14.4. The van der Waals surface area contributed by atoms with E-state index in [1.165, 1.54) is 0 Å². The van der Waals surface area contributed by atoms with Gasteiger partial charge in [-0.2, -0.15) is 5.26 Å². The minimum absolute atomic E-state index is 0.0346. The van der Waals surface area contributed by atoms with Crippen LogP contribution < -0.4 is 0 Å². The van der Waals surface area contributed by atoms with Crippen molar-refractivity contribution < 1.29 is 4.21 Å². The van der Waals surface area contributed by atoms with E-state index in [4.69, 9.17) is 0 Å². The summed E-state index contributed by atoms with van der Waals surface area (Å²) in [5.41, 5.74) is 0.0936. The summed E-state index contributed by atoms with van der Waals surface area (Å²) in [6.45, 7) is 6.54. The summed E-state index contributed by atoms with van der Waals surface area (Å²) in [7, 11) is -1.87. The number of rotatable bonds is 1. The molecule has 0 N–H and O–H groups in total. The molecule has 2 saturated carbocycles. The van der Waals surface area contributed by atoms with Crippen LogP contribution in [0, 0.1) is 27.6 Å². The van der Waals surface area contributed by atoms with Crippen LogP contribution in [0.15, 0.2) is 4.36 Å². The van der Waals surface area contributed by atoms with Gasteiger partial charge in [0.05, 0.1) is 17.5 Å². The van der Waals surface area contributed by atoms with Crippen LogP contribution in [0.25, 0.3) is 0 Å². The predicted octanol–water partition coefficient (Wildman–Crippen LogP) is 3.75. The van der Waals surface area contributed by atoms with E-state index in [9.17, 15) is 9.47 Å². The molecule has 20 heavy (non-hydrogen) atoms. The lowest BCUT2D eigenvalue weighted by atomic mass is 9.56. The minimum atomic E-state index is -1.87. The average molecular weight is 294 g/mol. The van der Waals surface area contributed by atoms with Gasteiger partial charge in [-0.15, -0.1) is 0 Å². The third-order valence-electron chi connectivity index (χ3n) is 5.77. The molecule has 3 aliphatic rings. The van der Waals surface area contributed by atoms with Gasteiger partial charge in [0.2, 0.25) is 0 Å². The number of hydrogen-bond donors (Lipinski definition) is 0. The Kier molecular flexibility index (Phi) is 3.04. The lowest BCUT2D eigenvalue weighted by molar-refractivity contribution is 0.0489. The second kappa shape index (κ2) is 4.22. The lowest BCUT2D eigenvalue weighted by Crippen LogP contribution is -2.53. The van der Waals surface area contributed by atoms with E-state index in [0.29, 0.717) is 6.04 Å². The fraction of sp³-hybridized carbons (Fsp3) is 0.938. The molecule has 3 nitrogen and oxygen atoms in total. The van der Waals surface area contributed by atoms with E-state index in [-0.39, 0.29) is 16.2 Å². The van der Waals surface area contributed by atoms with Gasteiger partial charge in [0.15, 0.2) is 0 Å². The highest BCUT2D eigenvalue weighted by atomic mass is 32.2. The van der Waals surface area contributed by atoms with Crippen LogP contribution in [0.5, 0.6) is 0 Å². The van der Waals surface area contributed by atoms with Crippen molar-refractivity contribution in [1.29, 1.82) is 5.26 Å². The Hall–Kier alpha value is -0.560. The molecule has 2 aliphatic carbocycles. The quantitative estimate of drug-likeness (QED) is 0.739. The summed E-state index contributed by atoms with van der Waals surface area (Å²) >= 11 is 0. The van der Waals surface area contributed by atoms with Crippen LogP contribution in [0.2, 0.25) is 0 Å². The monoisotopic (exact) mass is 294 g/mol. The Morgan fingerprint density at radius 3 is 2.10 bits per heavy atom. The van der Waals surface area contributed by atoms with E-state index in [1.54, 1.807) is 0 Å².